The van der Waals surface area contributed by atoms with E-state index in [-0.39, 0.29) is 191 Å². The molecule has 128 heavy (non-hydrogen) atoms. The summed E-state index contributed by atoms with van der Waals surface area (Å²) in [7, 11) is 0. The fourth-order valence-corrected chi connectivity index (χ4v) is 15.6. The van der Waals surface area contributed by atoms with E-state index in [0.29, 0.717) is 49.9 Å². The summed E-state index contributed by atoms with van der Waals surface area (Å²) in [4.78, 5) is 147. The molecule has 0 saturated heterocycles. The number of rotatable bonds is 46. The lowest BCUT2D eigenvalue weighted by Gasteiger charge is -2.37. The molecular formula is C102H100N4O22. The van der Waals surface area contributed by atoms with E-state index in [9.17, 15) is 19.2 Å². The van der Waals surface area contributed by atoms with Gasteiger partial charge in [0.05, 0.1) is 75.1 Å². The van der Waals surface area contributed by atoms with Gasteiger partial charge in [0.15, 0.2) is 0 Å². The van der Waals surface area contributed by atoms with Gasteiger partial charge in [0.25, 0.3) is 23.6 Å². The molecular weight excluding hydrogens is 1630 g/mol. The van der Waals surface area contributed by atoms with Crippen molar-refractivity contribution in [1.29, 1.82) is 0 Å². The molecule has 0 fully saturated rings. The number of nitrogens with zero attached hydrogens (tertiary/aromatic N) is 2. The van der Waals surface area contributed by atoms with Crippen LogP contribution in [0, 0.1) is 25.7 Å². The number of carbonyl (C=O) groups is 10. The van der Waals surface area contributed by atoms with E-state index < -0.39 is 83.2 Å². The van der Waals surface area contributed by atoms with E-state index in [2.05, 4.69) is 36.9 Å². The maximum atomic E-state index is 16.7. The van der Waals surface area contributed by atoms with Crippen LogP contribution in [-0.2, 0) is 92.3 Å². The van der Waals surface area contributed by atoms with Gasteiger partial charge in [-0.1, -0.05) is 140 Å². The summed E-state index contributed by atoms with van der Waals surface area (Å²) in [6.45, 7) is 26.4. The highest BCUT2D eigenvalue weighted by Crippen LogP contribution is 2.58. The zero-order valence-electron chi connectivity index (χ0n) is 72.2. The van der Waals surface area contributed by atoms with Gasteiger partial charge < -0.3 is 67.5 Å². The van der Waals surface area contributed by atoms with Crippen LogP contribution in [0.2, 0.25) is 0 Å². The second-order valence-corrected chi connectivity index (χ2v) is 30.9. The highest BCUT2D eigenvalue weighted by molar-refractivity contribution is 6.45. The molecule has 26 heteroatoms. The maximum Gasteiger partial charge on any atom is 0.330 e. The van der Waals surface area contributed by atoms with Gasteiger partial charge in [-0.05, 0) is 182 Å². The van der Waals surface area contributed by atoms with Crippen molar-refractivity contribution >= 4 is 114 Å². The van der Waals surface area contributed by atoms with Gasteiger partial charge in [0.1, 0.15) is 84.5 Å². The van der Waals surface area contributed by atoms with E-state index in [4.69, 9.17) is 56.8 Å². The van der Waals surface area contributed by atoms with Crippen molar-refractivity contribution < 1.29 is 105 Å². The highest BCUT2D eigenvalue weighted by atomic mass is 16.6. The summed E-state index contributed by atoms with van der Waals surface area (Å²) >= 11 is 0. The number of esters is 4. The lowest BCUT2D eigenvalue weighted by Crippen LogP contribution is -2.55. The number of aryl methyl sites for hydroxylation is 2. The van der Waals surface area contributed by atoms with Crippen LogP contribution in [0.15, 0.2) is 220 Å². The number of carbonyl (C=O) groups excluding carboxylic acids is 10. The number of ether oxygens (including phenoxy) is 12. The van der Waals surface area contributed by atoms with Gasteiger partial charge >= 0.3 is 23.9 Å². The van der Waals surface area contributed by atoms with Crippen molar-refractivity contribution in [1.82, 2.24) is 9.80 Å². The Morgan fingerprint density at radius 2 is 0.578 bits per heavy atom. The Balaban J connectivity index is 1.10. The van der Waals surface area contributed by atoms with Crippen LogP contribution in [0.1, 0.15) is 115 Å². The zero-order valence-corrected chi connectivity index (χ0v) is 72.2. The standard InChI is InChI=1S/C102H100N4O22/c1-11-63(9)95(97(111)103-69-21-17-19-61(7)55-69)105-99(113)75-57-79(125-71-31-23-65(24-32-71)39-43-117-47-51-121-83(107)13-3)89-91-81(127-73-35-27-67(28-36-73)41-45-119-49-53-123-85(109)15-5)59-77-88-78(102(116)106(101(77)115)96(64(10)12-2)98(112)104-70-22-18-20-62(8)56-70)60-82(128-74-37-29-68(30-38-74)42-46-120-50-54-124-86(110)16-6)92(94(88)91)90-80(58-76(100(105)114)87(75)93(89)90)126-72-33-25-66(26-34-72)40-44-118-48-52-122-84(108)14-4/h13-38,55-60,63-64,95-96H,3-6,11-12,39-54H2,1-2,7-10H3,(H,103,111)(H,104,112). The van der Waals surface area contributed by atoms with Crippen LogP contribution < -0.4 is 29.6 Å². The molecule has 4 unspecified atom stereocenters. The number of amides is 6. The lowest BCUT2D eigenvalue weighted by atomic mass is 9.80. The molecule has 0 saturated carbocycles. The largest absolute Gasteiger partial charge is 0.460 e. The summed E-state index contributed by atoms with van der Waals surface area (Å²) in [5, 5.41) is 7.26. The third-order valence-corrected chi connectivity index (χ3v) is 22.3. The molecule has 26 nitrogen and oxygen atoms in total. The highest BCUT2D eigenvalue weighted by Gasteiger charge is 2.48. The van der Waals surface area contributed by atoms with Crippen LogP contribution in [0.3, 0.4) is 0 Å². The Hall–Kier alpha value is -14.2. The summed E-state index contributed by atoms with van der Waals surface area (Å²) in [5.41, 5.74) is 5.48. The Labute approximate surface area is 740 Å². The summed E-state index contributed by atoms with van der Waals surface area (Å²) in [6.07, 6.45) is 6.58. The Bertz CT molecular complexity index is 5390. The third kappa shape index (κ3) is 21.3. The average Bonchev–Trinajstić information content (AvgIpc) is 0.669. The molecule has 11 aromatic carbocycles. The molecule has 13 rings (SSSR count). The molecule has 2 aliphatic rings. The fourth-order valence-electron chi connectivity index (χ4n) is 15.6. The average molecular weight is 1730 g/mol. The second-order valence-electron chi connectivity index (χ2n) is 30.9. The first kappa shape index (κ1) is 91.5. The number of hydrogen-bond acceptors (Lipinski definition) is 22. The predicted octanol–water partition coefficient (Wildman–Crippen LogP) is 18.0. The number of anilines is 2. The van der Waals surface area contributed by atoms with Crippen LogP contribution in [0.5, 0.6) is 46.0 Å². The van der Waals surface area contributed by atoms with Gasteiger partial charge in [-0.15, -0.1) is 0 Å². The minimum atomic E-state index is -1.44. The molecule has 0 radical (unpaired) electrons. The van der Waals surface area contributed by atoms with Crippen molar-refractivity contribution in [3.63, 3.8) is 0 Å². The van der Waals surface area contributed by atoms with Crippen molar-refractivity contribution in [2.24, 2.45) is 11.8 Å². The summed E-state index contributed by atoms with van der Waals surface area (Å²) < 4.78 is 73.4. The number of nitrogens with one attached hydrogen (secondary N) is 2. The maximum absolute atomic E-state index is 16.7. The van der Waals surface area contributed by atoms with E-state index in [0.717, 1.165) is 67.5 Å². The number of benzene rings is 11. The van der Waals surface area contributed by atoms with Crippen molar-refractivity contribution in [2.75, 3.05) is 89.9 Å². The Kier molecular flexibility index (Phi) is 30.5. The number of imide groups is 2. The topological polar surface area (TPSA) is 312 Å². The molecule has 0 spiro atoms. The molecule has 2 aliphatic heterocycles. The molecule has 0 aromatic heterocycles. The zero-order chi connectivity index (χ0) is 90.7. The van der Waals surface area contributed by atoms with Gasteiger partial charge in [-0.25, -0.2) is 19.2 Å². The number of hydrogen-bond donors (Lipinski definition) is 2. The van der Waals surface area contributed by atoms with Crippen molar-refractivity contribution in [3.8, 4) is 46.0 Å². The minimum Gasteiger partial charge on any atom is -0.460 e. The smallest absolute Gasteiger partial charge is 0.330 e. The molecule has 2 N–H and O–H groups in total. The molecule has 660 valence electrons. The Morgan fingerprint density at radius 3 is 0.805 bits per heavy atom. The number of fused-ring (bicyclic) bond motifs is 2. The van der Waals surface area contributed by atoms with Crippen LogP contribution in [0.25, 0.3) is 43.1 Å². The quantitative estimate of drug-likeness (QED) is 0.00681. The van der Waals surface area contributed by atoms with Crippen LogP contribution in [-0.4, -0.2) is 160 Å². The van der Waals surface area contributed by atoms with Gasteiger partial charge in [-0.2, -0.15) is 0 Å². The summed E-state index contributed by atoms with van der Waals surface area (Å²) in [6, 6.07) is 46.1. The lowest BCUT2D eigenvalue weighted by molar-refractivity contribution is -0.140. The molecule has 4 atom stereocenters. The van der Waals surface area contributed by atoms with E-state index in [1.807, 2.05) is 88.4 Å². The Morgan fingerprint density at radius 1 is 0.328 bits per heavy atom. The molecule has 0 aliphatic carbocycles. The molecule has 2 heterocycles. The second kappa shape index (κ2) is 42.7. The first-order chi connectivity index (χ1) is 62.0. The van der Waals surface area contributed by atoms with E-state index in [1.54, 1.807) is 98.8 Å². The molecule has 6 amide bonds. The SMILES string of the molecule is C=CC(=O)OCCOCCc1ccc(Oc2cc3c4c(cc(Oc5ccc(CCOCCOC(=O)C=C)cc5)c5c6c(Oc7ccc(CCOCCOC(=O)C=C)cc7)cc7c8c(cc(Oc9ccc(CCOCCOC(=O)C=C)cc9)c(c2c45)c86)C(=O)N(C(C(=O)Nc2cccc(C)c2)C(C)CC)C7=O)C(=O)N(C(C(=O)Nc2cccc(C)c2)C(C)CC)C3=O)cc1. The van der Waals surface area contributed by atoms with Gasteiger partial charge in [0.2, 0.25) is 11.8 Å². The monoisotopic (exact) mass is 1730 g/mol. The van der Waals surface area contributed by atoms with Crippen molar-refractivity contribution in [3.05, 3.63) is 276 Å². The van der Waals surface area contributed by atoms with Gasteiger partial charge in [0, 0.05) is 78.8 Å². The third-order valence-electron chi connectivity index (χ3n) is 22.3. The molecule has 0 bridgehead atoms. The van der Waals surface area contributed by atoms with Gasteiger partial charge in [-0.3, -0.25) is 38.6 Å². The normalized spacial score (nSPS) is 13.2. The first-order valence-corrected chi connectivity index (χ1v) is 42.4. The summed E-state index contributed by atoms with van der Waals surface area (Å²) in [5.74, 6) is -7.53. The van der Waals surface area contributed by atoms with E-state index >= 15 is 28.8 Å². The van der Waals surface area contributed by atoms with Crippen LogP contribution in [0.4, 0.5) is 11.4 Å². The van der Waals surface area contributed by atoms with Crippen LogP contribution >= 0.6 is 0 Å². The fraction of sp³-hybridized carbons (Fsp3) is 0.275. The first-order valence-electron chi connectivity index (χ1n) is 42.4. The minimum absolute atomic E-state index is 0.0105. The van der Waals surface area contributed by atoms with Crippen molar-refractivity contribution in [2.45, 2.75) is 92.2 Å². The van der Waals surface area contributed by atoms with E-state index in [1.165, 1.54) is 24.3 Å². The predicted molar refractivity (Wildman–Crippen MR) is 484 cm³/mol. The molecule has 11 aromatic rings.